The molecule has 0 N–H and O–H groups in total. The zero-order valence-electron chi connectivity index (χ0n) is 18.3. The van der Waals surface area contributed by atoms with Crippen molar-refractivity contribution in [3.8, 4) is 0 Å². The van der Waals surface area contributed by atoms with E-state index in [1.807, 2.05) is 73.7 Å². The van der Waals surface area contributed by atoms with Crippen LogP contribution in [0.3, 0.4) is 0 Å². The van der Waals surface area contributed by atoms with Crippen molar-refractivity contribution in [2.45, 2.75) is 19.9 Å². The molecule has 0 aliphatic carbocycles. The van der Waals surface area contributed by atoms with E-state index >= 15 is 0 Å². The van der Waals surface area contributed by atoms with E-state index in [-0.39, 0.29) is 5.91 Å². The van der Waals surface area contributed by atoms with Gasteiger partial charge in [-0.3, -0.25) is 14.7 Å². The summed E-state index contributed by atoms with van der Waals surface area (Å²) in [6, 6.07) is 28.2. The van der Waals surface area contributed by atoms with Crippen LogP contribution in [0.25, 0.3) is 10.2 Å². The highest BCUT2D eigenvalue weighted by Crippen LogP contribution is 2.32. The summed E-state index contributed by atoms with van der Waals surface area (Å²) in [4.78, 5) is 24.5. The Balaban J connectivity index is 1.46. The summed E-state index contributed by atoms with van der Waals surface area (Å²) in [7, 11) is 0. The van der Waals surface area contributed by atoms with Crippen LogP contribution in [-0.2, 0) is 13.0 Å². The van der Waals surface area contributed by atoms with E-state index in [1.165, 1.54) is 11.1 Å². The number of anilines is 1. The molecule has 0 aliphatic heterocycles. The Kier molecular flexibility index (Phi) is 5.96. The predicted molar refractivity (Wildman–Crippen MR) is 135 cm³/mol. The number of aromatic nitrogens is 2. The number of benzene rings is 3. The van der Waals surface area contributed by atoms with Crippen LogP contribution in [0.4, 0.5) is 5.13 Å². The average molecular weight is 450 g/mol. The molecule has 0 saturated carbocycles. The van der Waals surface area contributed by atoms with Crippen molar-refractivity contribution in [2.75, 3.05) is 4.90 Å². The van der Waals surface area contributed by atoms with Crippen molar-refractivity contribution in [2.24, 2.45) is 0 Å². The Morgan fingerprint density at radius 3 is 2.33 bits per heavy atom. The van der Waals surface area contributed by atoms with Crippen molar-refractivity contribution in [3.63, 3.8) is 0 Å². The maximum atomic E-state index is 13.7. The minimum Gasteiger partial charge on any atom is -0.279 e. The average Bonchev–Trinajstić information content (AvgIpc) is 3.29. The molecule has 0 radical (unpaired) electrons. The number of hydrogen-bond acceptors (Lipinski definition) is 4. The third-order valence-electron chi connectivity index (χ3n) is 5.60. The lowest BCUT2D eigenvalue weighted by Crippen LogP contribution is -2.30. The smallest absolute Gasteiger partial charge is 0.260 e. The Hall–Kier alpha value is -3.83. The van der Waals surface area contributed by atoms with Crippen molar-refractivity contribution in [3.05, 3.63) is 125 Å². The number of thiazole rings is 1. The van der Waals surface area contributed by atoms with Crippen LogP contribution in [0, 0.1) is 6.92 Å². The van der Waals surface area contributed by atoms with Gasteiger partial charge in [0.2, 0.25) is 0 Å². The second kappa shape index (κ2) is 9.35. The van der Waals surface area contributed by atoms with Crippen molar-refractivity contribution in [1.29, 1.82) is 0 Å². The van der Waals surface area contributed by atoms with E-state index in [0.717, 1.165) is 27.8 Å². The molecule has 1 amide bonds. The lowest BCUT2D eigenvalue weighted by molar-refractivity contribution is 0.0985. The van der Waals surface area contributed by atoms with Crippen molar-refractivity contribution >= 4 is 32.6 Å². The Labute approximate surface area is 197 Å². The quantitative estimate of drug-likeness (QED) is 0.300. The number of aryl methyl sites for hydroxylation is 1. The first kappa shape index (κ1) is 21.0. The van der Waals surface area contributed by atoms with Crippen molar-refractivity contribution in [1.82, 2.24) is 9.97 Å². The van der Waals surface area contributed by atoms with Gasteiger partial charge in [0.1, 0.15) is 0 Å². The van der Waals surface area contributed by atoms with Gasteiger partial charge in [0.25, 0.3) is 5.91 Å². The van der Waals surface area contributed by atoms with Gasteiger partial charge in [-0.15, -0.1) is 0 Å². The molecule has 2 aromatic heterocycles. The van der Waals surface area contributed by atoms with Crippen LogP contribution >= 0.6 is 11.3 Å². The fourth-order valence-electron chi connectivity index (χ4n) is 3.84. The number of nitrogens with zero attached hydrogens (tertiary/aromatic N) is 3. The molecule has 0 bridgehead atoms. The number of pyridine rings is 1. The monoisotopic (exact) mass is 449 g/mol. The van der Waals surface area contributed by atoms with Gasteiger partial charge >= 0.3 is 0 Å². The second-order valence-electron chi connectivity index (χ2n) is 8.03. The van der Waals surface area contributed by atoms with Crippen LogP contribution in [-0.4, -0.2) is 15.9 Å². The Bertz CT molecular complexity index is 1380. The lowest BCUT2D eigenvalue weighted by Gasteiger charge is -2.20. The molecule has 33 heavy (non-hydrogen) atoms. The summed E-state index contributed by atoms with van der Waals surface area (Å²) < 4.78 is 1.08. The number of para-hydroxylation sites is 1. The van der Waals surface area contributed by atoms with E-state index in [1.54, 1.807) is 28.6 Å². The predicted octanol–water partition coefficient (Wildman–Crippen LogP) is 6.44. The molecule has 162 valence electrons. The molecule has 0 unspecified atom stereocenters. The first-order valence-corrected chi connectivity index (χ1v) is 11.7. The van der Waals surface area contributed by atoms with Gasteiger partial charge in [0.05, 0.1) is 16.8 Å². The summed E-state index contributed by atoms with van der Waals surface area (Å²) in [6.07, 6.45) is 4.37. The summed E-state index contributed by atoms with van der Waals surface area (Å²) in [5.41, 5.74) is 6.08. The molecule has 2 heterocycles. The summed E-state index contributed by atoms with van der Waals surface area (Å²) in [6.45, 7) is 2.46. The fourth-order valence-corrected chi connectivity index (χ4v) is 4.88. The molecule has 0 aliphatic rings. The standard InChI is InChI=1S/C28H23N3OS/c1-20-7-5-11-25-26(20)30-28(33-25)31(19-23-10-6-16-29-18-23)27(32)24-14-12-22(13-15-24)17-21-8-3-2-4-9-21/h2-16,18H,17,19H2,1H3. The van der Waals surface area contributed by atoms with Crippen LogP contribution in [0.5, 0.6) is 0 Å². The molecule has 4 nitrogen and oxygen atoms in total. The molecule has 0 saturated heterocycles. The molecular formula is C28H23N3OS. The molecule has 3 aromatic carbocycles. The van der Waals surface area contributed by atoms with Gasteiger partial charge in [-0.2, -0.15) is 0 Å². The van der Waals surface area contributed by atoms with Crippen LogP contribution in [0.2, 0.25) is 0 Å². The normalized spacial score (nSPS) is 10.9. The van der Waals surface area contributed by atoms with Crippen LogP contribution < -0.4 is 4.90 Å². The van der Waals surface area contributed by atoms with E-state index < -0.39 is 0 Å². The van der Waals surface area contributed by atoms with Gasteiger partial charge in [-0.05, 0) is 59.9 Å². The van der Waals surface area contributed by atoms with Gasteiger partial charge < -0.3 is 0 Å². The number of carbonyl (C=O) groups excluding carboxylic acids is 1. The highest BCUT2D eigenvalue weighted by Gasteiger charge is 2.22. The van der Waals surface area contributed by atoms with Crippen LogP contribution in [0.1, 0.15) is 32.6 Å². The van der Waals surface area contributed by atoms with Crippen LogP contribution in [0.15, 0.2) is 97.3 Å². The molecule has 5 rings (SSSR count). The third kappa shape index (κ3) is 4.69. The Morgan fingerprint density at radius 1 is 0.848 bits per heavy atom. The SMILES string of the molecule is Cc1cccc2sc(N(Cc3cccnc3)C(=O)c3ccc(Cc4ccccc4)cc3)nc12. The topological polar surface area (TPSA) is 46.1 Å². The molecule has 5 aromatic rings. The molecule has 0 atom stereocenters. The highest BCUT2D eigenvalue weighted by atomic mass is 32.1. The number of hydrogen-bond donors (Lipinski definition) is 0. The van der Waals surface area contributed by atoms with E-state index in [2.05, 4.69) is 23.2 Å². The molecule has 0 fully saturated rings. The van der Waals surface area contributed by atoms with Gasteiger partial charge in [0.15, 0.2) is 5.13 Å². The minimum absolute atomic E-state index is 0.0678. The first-order valence-electron chi connectivity index (χ1n) is 10.9. The number of fused-ring (bicyclic) bond motifs is 1. The molecule has 0 spiro atoms. The lowest BCUT2D eigenvalue weighted by atomic mass is 10.0. The summed E-state index contributed by atoms with van der Waals surface area (Å²) >= 11 is 1.54. The van der Waals surface area contributed by atoms with Gasteiger partial charge in [0, 0.05) is 18.0 Å². The molecular weight excluding hydrogens is 426 g/mol. The van der Waals surface area contributed by atoms with Crippen molar-refractivity contribution < 1.29 is 4.79 Å². The maximum Gasteiger partial charge on any atom is 0.260 e. The summed E-state index contributed by atoms with van der Waals surface area (Å²) in [5, 5.41) is 0.696. The van der Waals surface area contributed by atoms with E-state index in [9.17, 15) is 4.79 Å². The fraction of sp³-hybridized carbons (Fsp3) is 0.107. The van der Waals surface area contributed by atoms with E-state index in [0.29, 0.717) is 17.2 Å². The Morgan fingerprint density at radius 2 is 1.61 bits per heavy atom. The van der Waals surface area contributed by atoms with Gasteiger partial charge in [-0.25, -0.2) is 4.98 Å². The third-order valence-corrected chi connectivity index (χ3v) is 6.64. The second-order valence-corrected chi connectivity index (χ2v) is 9.04. The first-order chi connectivity index (χ1) is 16.2. The zero-order valence-corrected chi connectivity index (χ0v) is 19.1. The minimum atomic E-state index is -0.0678. The largest absolute Gasteiger partial charge is 0.279 e. The maximum absolute atomic E-state index is 13.7. The number of rotatable bonds is 6. The van der Waals surface area contributed by atoms with Gasteiger partial charge in [-0.1, -0.05) is 72.0 Å². The highest BCUT2D eigenvalue weighted by molar-refractivity contribution is 7.22. The number of carbonyl (C=O) groups is 1. The number of amides is 1. The molecule has 5 heteroatoms. The zero-order chi connectivity index (χ0) is 22.6. The van der Waals surface area contributed by atoms with E-state index in [4.69, 9.17) is 4.98 Å². The summed E-state index contributed by atoms with van der Waals surface area (Å²) in [5.74, 6) is -0.0678.